The molecular formula is C18H25BrO5. The van der Waals surface area contributed by atoms with E-state index in [4.69, 9.17) is 19.2 Å². The van der Waals surface area contributed by atoms with Crippen LogP contribution in [0.25, 0.3) is 0 Å². The smallest absolute Gasteiger partial charge is 0.308 e. The van der Waals surface area contributed by atoms with Gasteiger partial charge in [-0.2, -0.15) is 0 Å². The molecule has 0 radical (unpaired) electrons. The van der Waals surface area contributed by atoms with E-state index >= 15 is 0 Å². The van der Waals surface area contributed by atoms with E-state index < -0.39 is 0 Å². The molecule has 134 valence electrons. The zero-order valence-corrected chi connectivity index (χ0v) is 15.5. The van der Waals surface area contributed by atoms with Gasteiger partial charge in [-0.3, -0.25) is 4.79 Å². The molecule has 5 nitrogen and oxygen atoms in total. The Hall–Kier alpha value is -0.170. The fourth-order valence-electron chi connectivity index (χ4n) is 5.86. The molecule has 4 bridgehead atoms. The summed E-state index contributed by atoms with van der Waals surface area (Å²) in [6, 6.07) is 0. The van der Waals surface area contributed by atoms with E-state index in [-0.39, 0.29) is 36.8 Å². The minimum absolute atomic E-state index is 0.00519. The van der Waals surface area contributed by atoms with Crippen LogP contribution in [-0.4, -0.2) is 41.8 Å². The highest BCUT2D eigenvalue weighted by Gasteiger charge is 2.55. The lowest BCUT2D eigenvalue weighted by Crippen LogP contribution is -2.52. The summed E-state index contributed by atoms with van der Waals surface area (Å²) in [5, 5.41) is 0. The van der Waals surface area contributed by atoms with Gasteiger partial charge < -0.3 is 9.47 Å². The SMILES string of the molecule is C[C@H]1OO[C@@H](CC(=O)OCC2[C@H]3C[C@@H]4C[C@H](C3)C(Br)[C@H]2C4)[C@H]2O[C@H]21. The van der Waals surface area contributed by atoms with Crippen LogP contribution in [0.4, 0.5) is 0 Å². The summed E-state index contributed by atoms with van der Waals surface area (Å²) in [6.45, 7) is 2.48. The number of halogens is 1. The molecule has 4 saturated carbocycles. The quantitative estimate of drug-likeness (QED) is 0.314. The van der Waals surface area contributed by atoms with E-state index in [1.807, 2.05) is 6.92 Å². The third-order valence-corrected chi connectivity index (χ3v) is 8.45. The topological polar surface area (TPSA) is 57.3 Å². The van der Waals surface area contributed by atoms with Crippen molar-refractivity contribution in [1.82, 2.24) is 0 Å². The zero-order chi connectivity index (χ0) is 16.4. The Bertz CT molecular complexity index is 528. The normalized spacial score (nSPS) is 54.4. The van der Waals surface area contributed by atoms with E-state index in [0.717, 1.165) is 17.8 Å². The van der Waals surface area contributed by atoms with E-state index in [1.54, 1.807) is 0 Å². The molecule has 6 fully saturated rings. The number of hydrogen-bond donors (Lipinski definition) is 0. The van der Waals surface area contributed by atoms with Gasteiger partial charge in [-0.05, 0) is 62.2 Å². The van der Waals surface area contributed by atoms with Crippen LogP contribution in [0.2, 0.25) is 0 Å². The first kappa shape index (κ1) is 16.0. The van der Waals surface area contributed by atoms with E-state index in [2.05, 4.69) is 15.9 Å². The number of carbonyl (C=O) groups excluding carboxylic acids is 1. The molecule has 4 aliphatic carbocycles. The second-order valence-corrected chi connectivity index (χ2v) is 9.55. The third kappa shape index (κ3) is 2.65. The Balaban J connectivity index is 1.14. The lowest BCUT2D eigenvalue weighted by molar-refractivity contribution is -0.360. The number of epoxide rings is 1. The predicted molar refractivity (Wildman–Crippen MR) is 88.3 cm³/mol. The maximum atomic E-state index is 12.2. The highest BCUT2D eigenvalue weighted by Crippen LogP contribution is 2.58. The molecule has 2 unspecified atom stereocenters. The Morgan fingerprint density at radius 2 is 1.96 bits per heavy atom. The van der Waals surface area contributed by atoms with Gasteiger partial charge in [0.15, 0.2) is 0 Å². The van der Waals surface area contributed by atoms with Crippen LogP contribution in [0.15, 0.2) is 0 Å². The first-order valence-corrected chi connectivity index (χ1v) is 10.3. The maximum absolute atomic E-state index is 12.2. The summed E-state index contributed by atoms with van der Waals surface area (Å²) >= 11 is 3.93. The van der Waals surface area contributed by atoms with Crippen LogP contribution in [0, 0.1) is 29.6 Å². The molecule has 0 N–H and O–H groups in total. The minimum atomic E-state index is -0.318. The number of ether oxygens (including phenoxy) is 2. The standard InChI is InChI=1S/C18H25BrO5/c1-8-17-18(22-17)14(24-23-8)6-15(20)21-7-13-10-2-9-3-11(5-10)16(19)12(13)4-9/h8-14,16-18H,2-7H2,1H3/t8-,9-,10+,11-,12+,13?,14+,16?,17+,18-/m1/s1. The predicted octanol–water partition coefficient (Wildman–Crippen LogP) is 2.85. The fraction of sp³-hybridized carbons (Fsp3) is 0.944. The Morgan fingerprint density at radius 1 is 1.12 bits per heavy atom. The summed E-state index contributed by atoms with van der Waals surface area (Å²) < 4.78 is 11.2. The van der Waals surface area contributed by atoms with Gasteiger partial charge in [-0.1, -0.05) is 15.9 Å². The third-order valence-electron chi connectivity index (χ3n) is 7.02. The molecule has 2 heterocycles. The minimum Gasteiger partial charge on any atom is -0.465 e. The second-order valence-electron chi connectivity index (χ2n) is 8.49. The molecule has 0 amide bonds. The molecular weight excluding hydrogens is 376 g/mol. The average Bonchev–Trinajstić information content (AvgIpc) is 3.35. The average molecular weight is 401 g/mol. The summed E-state index contributed by atoms with van der Waals surface area (Å²) in [4.78, 5) is 23.3. The van der Waals surface area contributed by atoms with Gasteiger partial charge in [0.1, 0.15) is 24.4 Å². The molecule has 6 aliphatic rings. The largest absolute Gasteiger partial charge is 0.465 e. The molecule has 0 aromatic carbocycles. The molecule has 0 aromatic rings. The van der Waals surface area contributed by atoms with Crippen LogP contribution in [0.5, 0.6) is 0 Å². The number of carbonyl (C=O) groups is 1. The summed E-state index contributed by atoms with van der Waals surface area (Å²) in [5.41, 5.74) is 0. The van der Waals surface area contributed by atoms with Crippen molar-refractivity contribution in [2.75, 3.05) is 6.61 Å². The zero-order valence-electron chi connectivity index (χ0n) is 13.9. The van der Waals surface area contributed by atoms with Gasteiger partial charge in [0.25, 0.3) is 0 Å². The van der Waals surface area contributed by atoms with E-state index in [0.29, 0.717) is 23.3 Å². The van der Waals surface area contributed by atoms with Crippen molar-refractivity contribution in [3.63, 3.8) is 0 Å². The molecule has 0 aromatic heterocycles. The van der Waals surface area contributed by atoms with Crippen LogP contribution < -0.4 is 0 Å². The number of fused-ring (bicyclic) bond motifs is 1. The number of esters is 1. The monoisotopic (exact) mass is 400 g/mol. The van der Waals surface area contributed by atoms with Crippen molar-refractivity contribution >= 4 is 21.9 Å². The van der Waals surface area contributed by atoms with Gasteiger partial charge in [0.05, 0.1) is 13.0 Å². The molecule has 10 atom stereocenters. The van der Waals surface area contributed by atoms with Gasteiger partial charge in [-0.15, -0.1) is 0 Å². The first-order valence-electron chi connectivity index (χ1n) is 9.37. The van der Waals surface area contributed by atoms with Crippen LogP contribution >= 0.6 is 15.9 Å². The highest BCUT2D eigenvalue weighted by molar-refractivity contribution is 9.09. The first-order chi connectivity index (χ1) is 11.6. The number of alkyl halides is 1. The highest BCUT2D eigenvalue weighted by atomic mass is 79.9. The van der Waals surface area contributed by atoms with Gasteiger partial charge in [0, 0.05) is 4.83 Å². The lowest BCUT2D eigenvalue weighted by atomic mass is 9.52. The maximum Gasteiger partial charge on any atom is 0.308 e. The van der Waals surface area contributed by atoms with Gasteiger partial charge in [-0.25, -0.2) is 9.78 Å². The Morgan fingerprint density at radius 3 is 2.83 bits per heavy atom. The van der Waals surface area contributed by atoms with Crippen molar-refractivity contribution < 1.29 is 24.0 Å². The molecule has 0 spiro atoms. The molecule has 6 heteroatoms. The summed E-state index contributed by atoms with van der Waals surface area (Å²) in [6.07, 6.45) is 5.27. The summed E-state index contributed by atoms with van der Waals surface area (Å²) in [5.74, 6) is 3.53. The number of rotatable bonds is 4. The van der Waals surface area contributed by atoms with Crippen molar-refractivity contribution in [1.29, 1.82) is 0 Å². The molecule has 6 rings (SSSR count). The molecule has 2 aliphatic heterocycles. The fourth-order valence-corrected chi connectivity index (χ4v) is 6.90. The number of hydrogen-bond acceptors (Lipinski definition) is 5. The lowest BCUT2D eigenvalue weighted by Gasteiger charge is -2.56. The van der Waals surface area contributed by atoms with Crippen molar-refractivity contribution in [3.8, 4) is 0 Å². The van der Waals surface area contributed by atoms with E-state index in [1.165, 1.54) is 25.7 Å². The van der Waals surface area contributed by atoms with Crippen LogP contribution in [0.3, 0.4) is 0 Å². The van der Waals surface area contributed by atoms with E-state index in [9.17, 15) is 4.79 Å². The molecule has 2 saturated heterocycles. The Labute approximate surface area is 150 Å². The van der Waals surface area contributed by atoms with Crippen molar-refractivity contribution in [2.45, 2.75) is 68.3 Å². The van der Waals surface area contributed by atoms with Crippen LogP contribution in [0.1, 0.15) is 39.0 Å². The van der Waals surface area contributed by atoms with Gasteiger partial charge >= 0.3 is 5.97 Å². The Kier molecular flexibility index (Phi) is 3.96. The van der Waals surface area contributed by atoms with Crippen LogP contribution in [-0.2, 0) is 24.0 Å². The van der Waals surface area contributed by atoms with Gasteiger partial charge in [0.2, 0.25) is 0 Å². The molecule has 24 heavy (non-hydrogen) atoms. The van der Waals surface area contributed by atoms with Crippen molar-refractivity contribution in [2.24, 2.45) is 29.6 Å². The van der Waals surface area contributed by atoms with Crippen molar-refractivity contribution in [3.05, 3.63) is 0 Å². The summed E-state index contributed by atoms with van der Waals surface area (Å²) in [7, 11) is 0. The second kappa shape index (κ2) is 5.93.